The maximum Gasteiger partial charge on any atom is 0.325 e. The van der Waals surface area contributed by atoms with Gasteiger partial charge in [-0.25, -0.2) is 0 Å². The van der Waals surface area contributed by atoms with Crippen LogP contribution in [-0.4, -0.2) is 37.0 Å². The molecule has 148 valence electrons. The van der Waals surface area contributed by atoms with E-state index in [0.29, 0.717) is 0 Å². The summed E-state index contributed by atoms with van der Waals surface area (Å²) >= 11 is 0. The lowest BCUT2D eigenvalue weighted by atomic mass is 9.93. The van der Waals surface area contributed by atoms with Crippen molar-refractivity contribution in [1.82, 2.24) is 5.32 Å². The number of benzene rings is 1. The predicted molar refractivity (Wildman–Crippen MR) is 103 cm³/mol. The Bertz CT molecular complexity index is 782. The minimum Gasteiger partial charge on any atom is -0.459 e. The van der Waals surface area contributed by atoms with Crippen LogP contribution in [0, 0.1) is 0 Å². The van der Waals surface area contributed by atoms with Crippen LogP contribution in [0.4, 0.5) is 5.69 Å². The zero-order chi connectivity index (χ0) is 19.8. The third-order valence-electron chi connectivity index (χ3n) is 4.74. The highest BCUT2D eigenvalue weighted by Gasteiger charge is 2.27. The summed E-state index contributed by atoms with van der Waals surface area (Å²) in [6.07, 6.45) is 6.59. The second-order valence-electron chi connectivity index (χ2n) is 6.71. The van der Waals surface area contributed by atoms with Crippen molar-refractivity contribution in [3.63, 3.8) is 0 Å². The Kier molecular flexibility index (Phi) is 6.84. The van der Waals surface area contributed by atoms with Crippen LogP contribution in [0.2, 0.25) is 0 Å². The van der Waals surface area contributed by atoms with Crippen LogP contribution in [0.25, 0.3) is 0 Å². The number of para-hydroxylation sites is 1. The second-order valence-corrected chi connectivity index (χ2v) is 6.71. The zero-order valence-electron chi connectivity index (χ0n) is 15.6. The van der Waals surface area contributed by atoms with E-state index in [9.17, 15) is 14.4 Å². The number of nitrogens with one attached hydrogen (secondary N) is 1. The Labute approximate surface area is 163 Å². The van der Waals surface area contributed by atoms with Gasteiger partial charge in [0.2, 0.25) is 0 Å². The van der Waals surface area contributed by atoms with Gasteiger partial charge in [-0.15, -0.1) is 0 Å². The Morgan fingerprint density at radius 3 is 2.46 bits per heavy atom. The number of furan rings is 1. The fraction of sp³-hybridized carbons (Fsp3) is 0.381. The molecule has 1 aliphatic carbocycles. The van der Waals surface area contributed by atoms with Gasteiger partial charge in [0, 0.05) is 11.7 Å². The van der Waals surface area contributed by atoms with Crippen LogP contribution in [0.3, 0.4) is 0 Å². The fourth-order valence-corrected chi connectivity index (χ4v) is 3.40. The van der Waals surface area contributed by atoms with Crippen molar-refractivity contribution >= 4 is 23.5 Å². The first-order chi connectivity index (χ1) is 13.6. The first-order valence-corrected chi connectivity index (χ1v) is 9.49. The lowest BCUT2D eigenvalue weighted by molar-refractivity contribution is -0.146. The molecule has 0 aliphatic heterocycles. The van der Waals surface area contributed by atoms with Gasteiger partial charge in [-0.1, -0.05) is 37.5 Å². The number of nitrogens with zero attached hydrogens (tertiary/aromatic N) is 1. The standard InChI is InChI=1S/C21H24N2O5/c24-19(15-28-20(25)14-22-21(26)18-12-7-13-27-18)23(16-8-3-1-4-9-16)17-10-5-2-6-11-17/h1,3-4,7-9,12-13,17H,2,5-6,10-11,14-15H2,(H,22,26). The normalized spacial score (nSPS) is 14.3. The Balaban J connectivity index is 1.54. The average Bonchev–Trinajstić information content (AvgIpc) is 3.27. The van der Waals surface area contributed by atoms with E-state index in [2.05, 4.69) is 5.32 Å². The Morgan fingerprint density at radius 2 is 1.79 bits per heavy atom. The van der Waals surface area contributed by atoms with Gasteiger partial charge in [0.1, 0.15) is 6.54 Å². The van der Waals surface area contributed by atoms with Crippen molar-refractivity contribution in [2.24, 2.45) is 0 Å². The molecule has 1 N–H and O–H groups in total. The minimum atomic E-state index is -0.676. The van der Waals surface area contributed by atoms with Gasteiger partial charge in [-0.3, -0.25) is 14.4 Å². The molecule has 2 amide bonds. The van der Waals surface area contributed by atoms with E-state index in [0.717, 1.165) is 31.4 Å². The molecule has 1 aromatic heterocycles. The van der Waals surface area contributed by atoms with E-state index >= 15 is 0 Å². The average molecular weight is 384 g/mol. The van der Waals surface area contributed by atoms with E-state index in [1.165, 1.54) is 18.8 Å². The first-order valence-electron chi connectivity index (χ1n) is 9.49. The van der Waals surface area contributed by atoms with Crippen molar-refractivity contribution in [2.45, 2.75) is 38.1 Å². The van der Waals surface area contributed by atoms with Gasteiger partial charge >= 0.3 is 5.97 Å². The summed E-state index contributed by atoms with van der Waals surface area (Å²) in [7, 11) is 0. The molecule has 0 saturated heterocycles. The molecular weight excluding hydrogens is 360 g/mol. The van der Waals surface area contributed by atoms with E-state index in [1.807, 2.05) is 30.3 Å². The molecule has 28 heavy (non-hydrogen) atoms. The SMILES string of the molecule is O=C(CNC(=O)c1ccco1)OCC(=O)N(c1ccccc1)C1CCCCC1. The Hall–Kier alpha value is -3.09. The number of ether oxygens (including phenoxy) is 1. The van der Waals surface area contributed by atoms with Crippen molar-refractivity contribution < 1.29 is 23.5 Å². The summed E-state index contributed by atoms with van der Waals surface area (Å²) in [4.78, 5) is 38.2. The molecule has 1 saturated carbocycles. The lowest BCUT2D eigenvalue weighted by Gasteiger charge is -2.34. The first kappa shape index (κ1) is 19.7. The Morgan fingerprint density at radius 1 is 1.04 bits per heavy atom. The molecule has 3 rings (SSSR count). The molecule has 0 unspecified atom stereocenters. The van der Waals surface area contributed by atoms with Gasteiger partial charge in [-0.2, -0.15) is 0 Å². The third-order valence-corrected chi connectivity index (χ3v) is 4.74. The number of hydrogen-bond acceptors (Lipinski definition) is 5. The summed E-state index contributed by atoms with van der Waals surface area (Å²) < 4.78 is 10.0. The van der Waals surface area contributed by atoms with E-state index in [-0.39, 0.29) is 30.9 Å². The van der Waals surface area contributed by atoms with Crippen molar-refractivity contribution in [3.05, 3.63) is 54.5 Å². The molecular formula is C21H24N2O5. The lowest BCUT2D eigenvalue weighted by Crippen LogP contribution is -2.44. The van der Waals surface area contributed by atoms with Crippen molar-refractivity contribution in [1.29, 1.82) is 0 Å². The monoisotopic (exact) mass is 384 g/mol. The van der Waals surface area contributed by atoms with E-state index in [1.54, 1.807) is 11.0 Å². The zero-order valence-corrected chi connectivity index (χ0v) is 15.6. The van der Waals surface area contributed by atoms with Gasteiger partial charge in [0.15, 0.2) is 12.4 Å². The van der Waals surface area contributed by atoms with E-state index < -0.39 is 11.9 Å². The number of anilines is 1. The van der Waals surface area contributed by atoms with Crippen LogP contribution >= 0.6 is 0 Å². The molecule has 0 atom stereocenters. The van der Waals surface area contributed by atoms with Gasteiger partial charge in [0.05, 0.1) is 6.26 Å². The molecule has 1 aromatic carbocycles. The van der Waals surface area contributed by atoms with Gasteiger partial charge < -0.3 is 19.4 Å². The maximum atomic E-state index is 12.8. The molecule has 1 fully saturated rings. The molecule has 7 heteroatoms. The molecule has 2 aromatic rings. The van der Waals surface area contributed by atoms with Crippen LogP contribution in [0.5, 0.6) is 0 Å². The molecule has 1 aliphatic rings. The van der Waals surface area contributed by atoms with Gasteiger partial charge in [-0.05, 0) is 37.1 Å². The fourth-order valence-electron chi connectivity index (χ4n) is 3.40. The number of hydrogen-bond donors (Lipinski definition) is 1. The summed E-state index contributed by atoms with van der Waals surface area (Å²) in [6.45, 7) is -0.692. The molecule has 0 bridgehead atoms. The number of amides is 2. The molecule has 0 radical (unpaired) electrons. The quantitative estimate of drug-likeness (QED) is 0.742. The summed E-state index contributed by atoms with van der Waals surface area (Å²) in [5, 5.41) is 2.40. The van der Waals surface area contributed by atoms with Crippen LogP contribution in [-0.2, 0) is 14.3 Å². The summed E-state index contributed by atoms with van der Waals surface area (Å²) in [5.41, 5.74) is 0.807. The third kappa shape index (κ3) is 5.22. The van der Waals surface area contributed by atoms with Crippen molar-refractivity contribution in [3.8, 4) is 0 Å². The van der Waals surface area contributed by atoms with E-state index in [4.69, 9.17) is 9.15 Å². The minimum absolute atomic E-state index is 0.108. The highest BCUT2D eigenvalue weighted by atomic mass is 16.5. The molecule has 7 nitrogen and oxygen atoms in total. The van der Waals surface area contributed by atoms with Gasteiger partial charge in [0.25, 0.3) is 11.8 Å². The van der Waals surface area contributed by atoms with Crippen LogP contribution in [0.15, 0.2) is 53.1 Å². The van der Waals surface area contributed by atoms with Crippen LogP contribution in [0.1, 0.15) is 42.7 Å². The predicted octanol–water partition coefficient (Wildman–Crippen LogP) is 2.92. The largest absolute Gasteiger partial charge is 0.459 e. The maximum absolute atomic E-state index is 12.8. The molecule has 0 spiro atoms. The second kappa shape index (κ2) is 9.73. The topological polar surface area (TPSA) is 88.9 Å². The number of carbonyl (C=O) groups is 3. The number of esters is 1. The smallest absolute Gasteiger partial charge is 0.325 e. The number of rotatable bonds is 7. The number of carbonyl (C=O) groups excluding carboxylic acids is 3. The summed E-state index contributed by atoms with van der Waals surface area (Å²) in [5.74, 6) is -1.34. The van der Waals surface area contributed by atoms with Crippen molar-refractivity contribution in [2.75, 3.05) is 18.1 Å². The highest BCUT2D eigenvalue weighted by molar-refractivity contribution is 5.96. The summed E-state index contributed by atoms with van der Waals surface area (Å²) in [6, 6.07) is 12.6. The van der Waals surface area contributed by atoms with Crippen LogP contribution < -0.4 is 10.2 Å². The highest BCUT2D eigenvalue weighted by Crippen LogP contribution is 2.27. The molecule has 1 heterocycles.